The number of rotatable bonds is 4. The van der Waals surface area contributed by atoms with Crippen molar-refractivity contribution in [2.45, 2.75) is 38.5 Å². The van der Waals surface area contributed by atoms with Crippen molar-refractivity contribution in [2.75, 3.05) is 32.7 Å². The molecule has 0 spiro atoms. The summed E-state index contributed by atoms with van der Waals surface area (Å²) < 4.78 is 5.54. The van der Waals surface area contributed by atoms with Crippen LogP contribution in [-0.4, -0.2) is 58.6 Å². The van der Waals surface area contributed by atoms with Crippen LogP contribution in [0.1, 0.15) is 43.1 Å². The Bertz CT molecular complexity index is 767. The van der Waals surface area contributed by atoms with E-state index in [0.717, 1.165) is 56.6 Å². The quantitative estimate of drug-likeness (QED) is 0.845. The van der Waals surface area contributed by atoms with Crippen LogP contribution < -0.4 is 0 Å². The molecule has 1 amide bonds. The zero-order valence-corrected chi connectivity index (χ0v) is 15.4. The lowest BCUT2D eigenvalue weighted by atomic mass is 10.1. The molecule has 6 heteroatoms. The van der Waals surface area contributed by atoms with Crippen molar-refractivity contribution in [1.29, 1.82) is 0 Å². The van der Waals surface area contributed by atoms with Crippen LogP contribution in [0.5, 0.6) is 0 Å². The van der Waals surface area contributed by atoms with Crippen molar-refractivity contribution in [2.24, 2.45) is 0 Å². The topological polar surface area (TPSA) is 62.5 Å². The van der Waals surface area contributed by atoms with Crippen LogP contribution in [0.15, 0.2) is 28.8 Å². The van der Waals surface area contributed by atoms with Gasteiger partial charge in [0.25, 0.3) is 0 Å². The summed E-state index contributed by atoms with van der Waals surface area (Å²) in [5, 5.41) is 4.17. The average Bonchev–Trinajstić information content (AvgIpc) is 3.32. The third-order valence-electron chi connectivity index (χ3n) is 5.52. The first-order valence-electron chi connectivity index (χ1n) is 9.60. The molecule has 3 heterocycles. The van der Waals surface area contributed by atoms with Gasteiger partial charge in [-0.3, -0.25) is 9.69 Å². The number of likely N-dealkylation sites (tertiary alicyclic amines) is 2. The molecule has 0 aliphatic carbocycles. The summed E-state index contributed by atoms with van der Waals surface area (Å²) in [6.45, 7) is 6.12. The smallest absolute Gasteiger partial charge is 0.236 e. The van der Waals surface area contributed by atoms with E-state index in [1.54, 1.807) is 0 Å². The normalized spacial score (nSPS) is 21.3. The van der Waals surface area contributed by atoms with E-state index in [1.807, 2.05) is 23.1 Å². The molecule has 4 rings (SSSR count). The predicted octanol–water partition coefficient (Wildman–Crippen LogP) is 2.85. The number of hydrogen-bond acceptors (Lipinski definition) is 5. The molecule has 2 aromatic rings. The molecule has 2 saturated heterocycles. The SMILES string of the molecule is Cc1ccccc1-c1noc(C2CCN(CC(=O)N3CCCCC3)C2)n1. The van der Waals surface area contributed by atoms with Crippen molar-refractivity contribution < 1.29 is 9.32 Å². The average molecular weight is 354 g/mol. The van der Waals surface area contributed by atoms with Crippen LogP contribution in [0.25, 0.3) is 11.4 Å². The summed E-state index contributed by atoms with van der Waals surface area (Å²) in [7, 11) is 0. The van der Waals surface area contributed by atoms with Crippen LogP contribution in [-0.2, 0) is 4.79 Å². The van der Waals surface area contributed by atoms with E-state index >= 15 is 0 Å². The number of amides is 1. The lowest BCUT2D eigenvalue weighted by Gasteiger charge is -2.28. The highest BCUT2D eigenvalue weighted by molar-refractivity contribution is 5.78. The minimum atomic E-state index is 0.217. The second kappa shape index (κ2) is 7.58. The molecular weight excluding hydrogens is 328 g/mol. The predicted molar refractivity (Wildman–Crippen MR) is 98.7 cm³/mol. The number of carbonyl (C=O) groups is 1. The maximum atomic E-state index is 12.5. The summed E-state index contributed by atoms with van der Waals surface area (Å²) >= 11 is 0. The first-order chi connectivity index (χ1) is 12.7. The Kier molecular flexibility index (Phi) is 5.02. The van der Waals surface area contributed by atoms with Gasteiger partial charge in [0, 0.05) is 25.2 Å². The van der Waals surface area contributed by atoms with Crippen LogP contribution in [0.3, 0.4) is 0 Å². The van der Waals surface area contributed by atoms with E-state index in [0.29, 0.717) is 18.3 Å². The van der Waals surface area contributed by atoms with Gasteiger partial charge in [0.1, 0.15) is 0 Å². The third-order valence-corrected chi connectivity index (χ3v) is 5.52. The molecule has 0 saturated carbocycles. The number of nitrogens with zero attached hydrogens (tertiary/aromatic N) is 4. The summed E-state index contributed by atoms with van der Waals surface area (Å²) in [5.74, 6) is 1.82. The second-order valence-electron chi connectivity index (χ2n) is 7.43. The molecule has 0 bridgehead atoms. The Morgan fingerprint density at radius 1 is 1.19 bits per heavy atom. The number of carbonyl (C=O) groups excluding carboxylic acids is 1. The van der Waals surface area contributed by atoms with Gasteiger partial charge in [-0.05, 0) is 44.7 Å². The van der Waals surface area contributed by atoms with E-state index in [9.17, 15) is 4.79 Å². The zero-order chi connectivity index (χ0) is 17.9. The maximum absolute atomic E-state index is 12.5. The number of benzene rings is 1. The van der Waals surface area contributed by atoms with Gasteiger partial charge in [-0.1, -0.05) is 29.4 Å². The third kappa shape index (κ3) is 3.65. The van der Waals surface area contributed by atoms with Crippen LogP contribution in [0.2, 0.25) is 0 Å². The molecule has 26 heavy (non-hydrogen) atoms. The van der Waals surface area contributed by atoms with E-state index in [1.165, 1.54) is 6.42 Å². The second-order valence-corrected chi connectivity index (χ2v) is 7.43. The number of piperidine rings is 1. The Balaban J connectivity index is 1.37. The highest BCUT2D eigenvalue weighted by Crippen LogP contribution is 2.28. The van der Waals surface area contributed by atoms with Crippen molar-refractivity contribution in [1.82, 2.24) is 19.9 Å². The van der Waals surface area contributed by atoms with E-state index in [2.05, 4.69) is 28.0 Å². The Morgan fingerprint density at radius 2 is 2.00 bits per heavy atom. The highest BCUT2D eigenvalue weighted by Gasteiger charge is 2.30. The summed E-state index contributed by atoms with van der Waals surface area (Å²) in [6, 6.07) is 8.06. The lowest BCUT2D eigenvalue weighted by Crippen LogP contribution is -2.42. The highest BCUT2D eigenvalue weighted by atomic mass is 16.5. The van der Waals surface area contributed by atoms with Crippen LogP contribution >= 0.6 is 0 Å². The number of aromatic nitrogens is 2. The lowest BCUT2D eigenvalue weighted by molar-refractivity contribution is -0.133. The van der Waals surface area contributed by atoms with Crippen molar-refractivity contribution in [3.8, 4) is 11.4 Å². The Morgan fingerprint density at radius 3 is 2.81 bits per heavy atom. The van der Waals surface area contributed by atoms with Gasteiger partial charge in [-0.15, -0.1) is 0 Å². The molecule has 1 aromatic carbocycles. The van der Waals surface area contributed by atoms with Gasteiger partial charge >= 0.3 is 0 Å². The van der Waals surface area contributed by atoms with Crippen molar-refractivity contribution >= 4 is 5.91 Å². The van der Waals surface area contributed by atoms with Crippen LogP contribution in [0, 0.1) is 6.92 Å². The fraction of sp³-hybridized carbons (Fsp3) is 0.550. The first kappa shape index (κ1) is 17.2. The van der Waals surface area contributed by atoms with Gasteiger partial charge in [0.2, 0.25) is 17.6 Å². The molecule has 1 atom stereocenters. The molecule has 6 nitrogen and oxygen atoms in total. The van der Waals surface area contributed by atoms with Crippen molar-refractivity contribution in [3.05, 3.63) is 35.7 Å². The van der Waals surface area contributed by atoms with Gasteiger partial charge in [-0.25, -0.2) is 0 Å². The van der Waals surface area contributed by atoms with E-state index in [-0.39, 0.29) is 11.8 Å². The molecule has 0 N–H and O–H groups in total. The summed E-state index contributed by atoms with van der Waals surface area (Å²) in [6.07, 6.45) is 4.48. The molecule has 1 aromatic heterocycles. The monoisotopic (exact) mass is 354 g/mol. The number of hydrogen-bond donors (Lipinski definition) is 0. The summed E-state index contributed by atoms with van der Waals surface area (Å²) in [5.41, 5.74) is 2.15. The van der Waals surface area contributed by atoms with Gasteiger partial charge in [0.05, 0.1) is 12.5 Å². The summed E-state index contributed by atoms with van der Waals surface area (Å²) in [4.78, 5) is 21.3. The standard InChI is InChI=1S/C20H26N4O2/c1-15-7-3-4-8-17(15)19-21-20(26-22-19)16-9-12-23(13-16)14-18(25)24-10-5-2-6-11-24/h3-4,7-8,16H,2,5-6,9-14H2,1H3. The Labute approximate surface area is 154 Å². The fourth-order valence-electron chi connectivity index (χ4n) is 3.95. The fourth-order valence-corrected chi connectivity index (χ4v) is 3.95. The van der Waals surface area contributed by atoms with Gasteiger partial charge < -0.3 is 9.42 Å². The molecule has 2 fully saturated rings. The minimum absolute atomic E-state index is 0.217. The van der Waals surface area contributed by atoms with Crippen molar-refractivity contribution in [3.63, 3.8) is 0 Å². The maximum Gasteiger partial charge on any atom is 0.236 e. The van der Waals surface area contributed by atoms with Gasteiger partial charge in [-0.2, -0.15) is 4.98 Å². The Hall–Kier alpha value is -2.21. The molecule has 2 aliphatic heterocycles. The minimum Gasteiger partial charge on any atom is -0.342 e. The van der Waals surface area contributed by atoms with Crippen LogP contribution in [0.4, 0.5) is 0 Å². The first-order valence-corrected chi connectivity index (χ1v) is 9.60. The largest absolute Gasteiger partial charge is 0.342 e. The van der Waals surface area contributed by atoms with E-state index < -0.39 is 0 Å². The van der Waals surface area contributed by atoms with E-state index in [4.69, 9.17) is 4.52 Å². The molecule has 2 aliphatic rings. The molecule has 0 radical (unpaired) electrons. The molecular formula is C20H26N4O2. The zero-order valence-electron chi connectivity index (χ0n) is 15.4. The molecule has 138 valence electrons. The number of aryl methyl sites for hydroxylation is 1. The molecule has 1 unspecified atom stereocenters. The van der Waals surface area contributed by atoms with Gasteiger partial charge in [0.15, 0.2) is 0 Å².